The van der Waals surface area contributed by atoms with E-state index in [1.807, 2.05) is 18.2 Å². The molecule has 0 amide bonds. The molecule has 2 N–H and O–H groups in total. The van der Waals surface area contributed by atoms with E-state index in [2.05, 4.69) is 44.8 Å². The molecule has 1 aliphatic heterocycles. The molecule has 156 valence electrons. The molecule has 0 atom stereocenters. The fourth-order valence-corrected chi connectivity index (χ4v) is 3.54. The summed E-state index contributed by atoms with van der Waals surface area (Å²) in [5.41, 5.74) is 3.66. The van der Waals surface area contributed by atoms with Gasteiger partial charge in [-0.2, -0.15) is 0 Å². The van der Waals surface area contributed by atoms with Gasteiger partial charge in [0.05, 0.1) is 14.2 Å². The Balaban J connectivity index is 1.49. The zero-order valence-electron chi connectivity index (χ0n) is 17.7. The Bertz CT molecular complexity index is 799. The van der Waals surface area contributed by atoms with Crippen molar-refractivity contribution in [1.82, 2.24) is 15.5 Å². The lowest BCUT2D eigenvalue weighted by molar-refractivity contribution is 0.331. The van der Waals surface area contributed by atoms with Gasteiger partial charge in [-0.15, -0.1) is 0 Å². The summed E-state index contributed by atoms with van der Waals surface area (Å²) in [5.74, 6) is 2.33. The molecule has 0 radical (unpaired) electrons. The number of ether oxygens (including phenoxy) is 2. The molecule has 2 aromatic carbocycles. The Kier molecular flexibility index (Phi) is 7.76. The van der Waals surface area contributed by atoms with Gasteiger partial charge in [-0.05, 0) is 49.2 Å². The molecule has 1 saturated heterocycles. The molecule has 0 aromatic heterocycles. The summed E-state index contributed by atoms with van der Waals surface area (Å²) < 4.78 is 10.7. The third-order valence-corrected chi connectivity index (χ3v) is 5.25. The minimum absolute atomic E-state index is 0.613. The van der Waals surface area contributed by atoms with E-state index in [9.17, 15) is 0 Å². The van der Waals surface area contributed by atoms with E-state index in [4.69, 9.17) is 9.47 Å². The normalized spacial score (nSPS) is 14.7. The first-order valence-corrected chi connectivity index (χ1v) is 10.2. The summed E-state index contributed by atoms with van der Waals surface area (Å²) in [6.45, 7) is 4.85. The predicted molar refractivity (Wildman–Crippen MR) is 118 cm³/mol. The molecule has 0 spiro atoms. The number of nitrogens with zero attached hydrogens (tertiary/aromatic N) is 2. The first-order chi connectivity index (χ1) is 14.2. The Morgan fingerprint density at radius 1 is 0.931 bits per heavy atom. The fourth-order valence-electron chi connectivity index (χ4n) is 3.54. The summed E-state index contributed by atoms with van der Waals surface area (Å²) >= 11 is 0. The van der Waals surface area contributed by atoms with Gasteiger partial charge < -0.3 is 20.1 Å². The average molecular weight is 397 g/mol. The summed E-state index contributed by atoms with van der Waals surface area (Å²) in [4.78, 5) is 6.84. The summed E-state index contributed by atoms with van der Waals surface area (Å²) in [6, 6.07) is 14.7. The zero-order valence-corrected chi connectivity index (χ0v) is 17.7. The Labute approximate surface area is 173 Å². The lowest BCUT2D eigenvalue weighted by Crippen LogP contribution is -2.36. The molecule has 3 rings (SSSR count). The first kappa shape index (κ1) is 21.0. The van der Waals surface area contributed by atoms with E-state index in [0.717, 1.165) is 36.1 Å². The van der Waals surface area contributed by atoms with Crippen molar-refractivity contribution in [2.75, 3.05) is 34.4 Å². The number of nitrogens with one attached hydrogen (secondary N) is 2. The van der Waals surface area contributed by atoms with Crippen molar-refractivity contribution in [2.24, 2.45) is 4.99 Å². The van der Waals surface area contributed by atoms with Crippen LogP contribution in [-0.4, -0.2) is 45.2 Å². The molecule has 1 heterocycles. The summed E-state index contributed by atoms with van der Waals surface area (Å²) in [6.07, 6.45) is 2.66. The molecule has 6 heteroatoms. The molecule has 1 fully saturated rings. The summed E-state index contributed by atoms with van der Waals surface area (Å²) in [5, 5.41) is 6.71. The maximum atomic E-state index is 5.46. The van der Waals surface area contributed by atoms with Crippen LogP contribution in [0.2, 0.25) is 0 Å². The van der Waals surface area contributed by atoms with Gasteiger partial charge >= 0.3 is 0 Å². The molecule has 6 nitrogen and oxygen atoms in total. The van der Waals surface area contributed by atoms with Gasteiger partial charge in [-0.1, -0.05) is 24.3 Å². The quantitative estimate of drug-likeness (QED) is 0.530. The van der Waals surface area contributed by atoms with Crippen LogP contribution in [0, 0.1) is 0 Å². The minimum atomic E-state index is 0.613. The van der Waals surface area contributed by atoms with Crippen LogP contribution in [-0.2, 0) is 19.6 Å². The second kappa shape index (κ2) is 10.7. The van der Waals surface area contributed by atoms with E-state index >= 15 is 0 Å². The molecule has 1 aliphatic rings. The molecular weight excluding hydrogens is 364 g/mol. The molecule has 29 heavy (non-hydrogen) atoms. The third kappa shape index (κ3) is 6.12. The van der Waals surface area contributed by atoms with Crippen molar-refractivity contribution in [2.45, 2.75) is 32.5 Å². The topological polar surface area (TPSA) is 58.1 Å². The number of methoxy groups -OCH3 is 2. The third-order valence-electron chi connectivity index (χ3n) is 5.25. The lowest BCUT2D eigenvalue weighted by atomic mass is 10.1. The van der Waals surface area contributed by atoms with Crippen molar-refractivity contribution in [1.29, 1.82) is 0 Å². The standard InChI is InChI=1S/C23H32N4O2/c1-24-23(26-16-20-10-11-21(28-2)14-22(20)29-3)25-15-18-6-8-19(9-7-18)17-27-12-4-5-13-27/h6-11,14H,4-5,12-13,15-17H2,1-3H3,(H2,24,25,26). The number of hydrogen-bond donors (Lipinski definition) is 2. The largest absolute Gasteiger partial charge is 0.497 e. The second-order valence-corrected chi connectivity index (χ2v) is 7.26. The zero-order chi connectivity index (χ0) is 20.5. The van der Waals surface area contributed by atoms with Gasteiger partial charge in [0.15, 0.2) is 5.96 Å². The van der Waals surface area contributed by atoms with Crippen molar-refractivity contribution in [3.05, 3.63) is 59.2 Å². The van der Waals surface area contributed by atoms with Gasteiger partial charge in [0.25, 0.3) is 0 Å². The summed E-state index contributed by atoms with van der Waals surface area (Å²) in [7, 11) is 5.09. The van der Waals surface area contributed by atoms with Crippen LogP contribution in [0.5, 0.6) is 11.5 Å². The van der Waals surface area contributed by atoms with Crippen LogP contribution >= 0.6 is 0 Å². The maximum Gasteiger partial charge on any atom is 0.191 e. The molecule has 0 aliphatic carbocycles. The highest BCUT2D eigenvalue weighted by molar-refractivity contribution is 5.79. The molecule has 0 saturated carbocycles. The van der Waals surface area contributed by atoms with Crippen molar-refractivity contribution >= 4 is 5.96 Å². The van der Waals surface area contributed by atoms with Gasteiger partial charge in [-0.3, -0.25) is 9.89 Å². The van der Waals surface area contributed by atoms with Crippen molar-refractivity contribution in [3.63, 3.8) is 0 Å². The van der Waals surface area contributed by atoms with Crippen molar-refractivity contribution < 1.29 is 9.47 Å². The number of likely N-dealkylation sites (tertiary alicyclic amines) is 1. The smallest absolute Gasteiger partial charge is 0.191 e. The molecule has 0 unspecified atom stereocenters. The minimum Gasteiger partial charge on any atom is -0.497 e. The van der Waals surface area contributed by atoms with Crippen LogP contribution in [0.1, 0.15) is 29.5 Å². The van der Waals surface area contributed by atoms with E-state index in [-0.39, 0.29) is 0 Å². The van der Waals surface area contributed by atoms with Crippen LogP contribution in [0.4, 0.5) is 0 Å². The van der Waals surface area contributed by atoms with Gasteiger partial charge in [0.1, 0.15) is 11.5 Å². The fraction of sp³-hybridized carbons (Fsp3) is 0.435. The number of guanidine groups is 1. The monoisotopic (exact) mass is 396 g/mol. The predicted octanol–water partition coefficient (Wildman–Crippen LogP) is 3.16. The Morgan fingerprint density at radius 3 is 2.28 bits per heavy atom. The highest BCUT2D eigenvalue weighted by Crippen LogP contribution is 2.24. The number of hydrogen-bond acceptors (Lipinski definition) is 4. The van der Waals surface area contributed by atoms with Gasteiger partial charge in [0.2, 0.25) is 0 Å². The highest BCUT2D eigenvalue weighted by atomic mass is 16.5. The SMILES string of the molecule is CN=C(NCc1ccc(CN2CCCC2)cc1)NCc1ccc(OC)cc1OC. The van der Waals surface area contributed by atoms with Crippen LogP contribution in [0.15, 0.2) is 47.5 Å². The number of rotatable bonds is 8. The molecular formula is C23H32N4O2. The van der Waals surface area contributed by atoms with E-state index in [1.165, 1.54) is 37.1 Å². The van der Waals surface area contributed by atoms with E-state index in [1.54, 1.807) is 21.3 Å². The molecule has 0 bridgehead atoms. The van der Waals surface area contributed by atoms with Crippen molar-refractivity contribution in [3.8, 4) is 11.5 Å². The number of benzene rings is 2. The number of aliphatic imine (C=N–C) groups is 1. The lowest BCUT2D eigenvalue weighted by Gasteiger charge is -2.16. The maximum absolute atomic E-state index is 5.46. The Morgan fingerprint density at radius 2 is 1.62 bits per heavy atom. The Hall–Kier alpha value is -2.73. The highest BCUT2D eigenvalue weighted by Gasteiger charge is 2.11. The van der Waals surface area contributed by atoms with Gasteiger partial charge in [0, 0.05) is 38.3 Å². The van der Waals surface area contributed by atoms with Crippen LogP contribution in [0.3, 0.4) is 0 Å². The average Bonchev–Trinajstić information content (AvgIpc) is 3.28. The first-order valence-electron chi connectivity index (χ1n) is 10.2. The molecule has 2 aromatic rings. The van der Waals surface area contributed by atoms with E-state index < -0.39 is 0 Å². The van der Waals surface area contributed by atoms with Crippen LogP contribution < -0.4 is 20.1 Å². The second-order valence-electron chi connectivity index (χ2n) is 7.26. The van der Waals surface area contributed by atoms with Gasteiger partial charge in [-0.25, -0.2) is 0 Å². The van der Waals surface area contributed by atoms with E-state index in [0.29, 0.717) is 6.54 Å². The van der Waals surface area contributed by atoms with Crippen LogP contribution in [0.25, 0.3) is 0 Å².